The van der Waals surface area contributed by atoms with E-state index in [2.05, 4.69) is 48.7 Å². The van der Waals surface area contributed by atoms with Crippen LogP contribution in [0.4, 0.5) is 0 Å². The highest BCUT2D eigenvalue weighted by Crippen LogP contribution is 2.33. The summed E-state index contributed by atoms with van der Waals surface area (Å²) >= 11 is 0. The Balaban J connectivity index is 1.70. The fourth-order valence-electron chi connectivity index (χ4n) is 3.62. The average Bonchev–Trinajstić information content (AvgIpc) is 2.73. The van der Waals surface area contributed by atoms with Crippen molar-refractivity contribution in [1.29, 1.82) is 0 Å². The first-order chi connectivity index (χ1) is 10.7. The van der Waals surface area contributed by atoms with Crippen LogP contribution < -0.4 is 10.6 Å². The highest BCUT2D eigenvalue weighted by atomic mass is 15.1. The Morgan fingerprint density at radius 2 is 1.95 bits per heavy atom. The molecular weight excluding hydrogens is 270 g/mol. The minimum absolute atomic E-state index is 0.105. The highest BCUT2D eigenvalue weighted by molar-refractivity contribution is 5.92. The molecule has 0 atom stereocenters. The van der Waals surface area contributed by atoms with Crippen molar-refractivity contribution >= 4 is 5.84 Å². The van der Waals surface area contributed by atoms with Crippen LogP contribution in [0.3, 0.4) is 0 Å². The largest absolute Gasteiger partial charge is 0.368 e. The van der Waals surface area contributed by atoms with Crippen molar-refractivity contribution in [3.05, 3.63) is 35.4 Å². The van der Waals surface area contributed by atoms with Crippen molar-refractivity contribution in [2.75, 3.05) is 13.1 Å². The van der Waals surface area contributed by atoms with Crippen molar-refractivity contribution in [3.63, 3.8) is 0 Å². The lowest BCUT2D eigenvalue weighted by molar-refractivity contribution is 0.259. The Labute approximate surface area is 134 Å². The number of nitrogens with one attached hydrogen (secondary N) is 2. The number of hydrogen-bond donors (Lipinski definition) is 2. The van der Waals surface area contributed by atoms with Gasteiger partial charge in [-0.15, -0.1) is 0 Å². The molecule has 0 radical (unpaired) electrons. The molecule has 1 heterocycles. The van der Waals surface area contributed by atoms with E-state index in [1.54, 1.807) is 0 Å². The van der Waals surface area contributed by atoms with Gasteiger partial charge in [0.25, 0.3) is 0 Å². The van der Waals surface area contributed by atoms with Gasteiger partial charge in [-0.1, -0.05) is 36.8 Å². The number of hydrogen-bond acceptors (Lipinski definition) is 3. The molecule has 2 aliphatic rings. The first-order valence-electron chi connectivity index (χ1n) is 8.77. The van der Waals surface area contributed by atoms with E-state index in [-0.39, 0.29) is 5.54 Å². The summed E-state index contributed by atoms with van der Waals surface area (Å²) in [6, 6.07) is 8.79. The van der Waals surface area contributed by atoms with E-state index in [1.165, 1.54) is 42.6 Å². The fourth-order valence-corrected chi connectivity index (χ4v) is 3.62. The summed E-state index contributed by atoms with van der Waals surface area (Å²) < 4.78 is 0. The smallest absolute Gasteiger partial charge is 0.117 e. The minimum Gasteiger partial charge on any atom is -0.368 e. The summed E-state index contributed by atoms with van der Waals surface area (Å²) in [4.78, 5) is 4.90. The number of benzene rings is 1. The normalized spacial score (nSPS) is 29.0. The Morgan fingerprint density at radius 1 is 1.23 bits per heavy atom. The third kappa shape index (κ3) is 3.52. The summed E-state index contributed by atoms with van der Waals surface area (Å²) in [6.07, 6.45) is 6.19. The van der Waals surface area contributed by atoms with Gasteiger partial charge in [0.05, 0.1) is 5.54 Å². The van der Waals surface area contributed by atoms with Gasteiger partial charge in [-0.3, -0.25) is 4.99 Å². The summed E-state index contributed by atoms with van der Waals surface area (Å²) in [5.41, 5.74) is 2.75. The topological polar surface area (TPSA) is 36.4 Å². The minimum atomic E-state index is 0.105. The van der Waals surface area contributed by atoms with Gasteiger partial charge in [0.2, 0.25) is 0 Å². The summed E-state index contributed by atoms with van der Waals surface area (Å²) in [6.45, 7) is 7.42. The molecule has 1 aromatic carbocycles. The molecule has 2 N–H and O–H groups in total. The van der Waals surface area contributed by atoms with Crippen LogP contribution in [0.15, 0.2) is 29.3 Å². The fraction of sp³-hybridized carbons (Fsp3) is 0.632. The Hall–Kier alpha value is -1.35. The van der Waals surface area contributed by atoms with Crippen LogP contribution in [0, 0.1) is 12.8 Å². The molecule has 0 bridgehead atoms. The molecule has 1 saturated carbocycles. The zero-order valence-corrected chi connectivity index (χ0v) is 14.0. The standard InChI is InChI=1S/C19H29N3/c1-15-4-6-17(7-5-15)14-21-18-19(22-13-3-12-20-18)10-8-16(2)9-11-19/h4-7,16,22H,3,8-14H2,1-2H3,(H,20,21). The van der Waals surface area contributed by atoms with Crippen LogP contribution in [0.25, 0.3) is 0 Å². The van der Waals surface area contributed by atoms with Gasteiger partial charge in [0, 0.05) is 13.1 Å². The van der Waals surface area contributed by atoms with E-state index in [0.29, 0.717) is 0 Å². The van der Waals surface area contributed by atoms with Gasteiger partial charge in [0.1, 0.15) is 5.84 Å². The molecule has 1 aliphatic heterocycles. The van der Waals surface area contributed by atoms with Gasteiger partial charge >= 0.3 is 0 Å². The highest BCUT2D eigenvalue weighted by Gasteiger charge is 2.39. The SMILES string of the molecule is Cc1ccc(CNC2=NCCCNC23CCC(C)CC3)cc1. The van der Waals surface area contributed by atoms with Gasteiger partial charge in [-0.2, -0.15) is 0 Å². The quantitative estimate of drug-likeness (QED) is 0.878. The van der Waals surface area contributed by atoms with Crippen LogP contribution in [0.5, 0.6) is 0 Å². The second kappa shape index (κ2) is 6.82. The lowest BCUT2D eigenvalue weighted by Crippen LogP contribution is -2.58. The lowest BCUT2D eigenvalue weighted by atomic mass is 9.76. The zero-order chi connectivity index (χ0) is 15.4. The molecule has 0 amide bonds. The number of amidine groups is 1. The maximum absolute atomic E-state index is 4.90. The Bertz CT molecular complexity index is 510. The predicted octanol–water partition coefficient (Wildman–Crippen LogP) is 3.43. The third-order valence-electron chi connectivity index (χ3n) is 5.23. The van der Waals surface area contributed by atoms with Gasteiger partial charge in [-0.25, -0.2) is 0 Å². The maximum Gasteiger partial charge on any atom is 0.117 e. The number of nitrogens with zero attached hydrogens (tertiary/aromatic N) is 1. The first kappa shape index (κ1) is 15.5. The van der Waals surface area contributed by atoms with Gasteiger partial charge in [-0.05, 0) is 57.1 Å². The van der Waals surface area contributed by atoms with E-state index in [0.717, 1.165) is 32.0 Å². The predicted molar refractivity (Wildman–Crippen MR) is 93.3 cm³/mol. The van der Waals surface area contributed by atoms with Crippen LogP contribution in [0.1, 0.15) is 50.2 Å². The van der Waals surface area contributed by atoms with Crippen molar-refractivity contribution in [2.45, 2.75) is 58.0 Å². The summed E-state index contributed by atoms with van der Waals surface area (Å²) in [5.74, 6) is 2.06. The van der Waals surface area contributed by atoms with Gasteiger partial charge < -0.3 is 10.6 Å². The molecule has 3 heteroatoms. The Morgan fingerprint density at radius 3 is 2.68 bits per heavy atom. The molecule has 3 rings (SSSR count). The molecule has 0 saturated heterocycles. The van der Waals surface area contributed by atoms with Crippen molar-refractivity contribution in [2.24, 2.45) is 10.9 Å². The molecule has 0 unspecified atom stereocenters. The van der Waals surface area contributed by atoms with E-state index >= 15 is 0 Å². The maximum atomic E-state index is 4.90. The Kier molecular flexibility index (Phi) is 4.82. The van der Waals surface area contributed by atoms with Crippen molar-refractivity contribution < 1.29 is 0 Å². The van der Waals surface area contributed by atoms with Crippen LogP contribution in [-0.2, 0) is 6.54 Å². The number of aliphatic imine (C=N–C) groups is 1. The molecule has 1 spiro atoms. The molecular formula is C19H29N3. The van der Waals surface area contributed by atoms with Crippen LogP contribution in [-0.4, -0.2) is 24.5 Å². The van der Waals surface area contributed by atoms with E-state index in [9.17, 15) is 0 Å². The van der Waals surface area contributed by atoms with Crippen molar-refractivity contribution in [1.82, 2.24) is 10.6 Å². The van der Waals surface area contributed by atoms with E-state index < -0.39 is 0 Å². The average molecular weight is 299 g/mol. The number of rotatable bonds is 2. The molecule has 22 heavy (non-hydrogen) atoms. The van der Waals surface area contributed by atoms with Crippen LogP contribution >= 0.6 is 0 Å². The molecule has 1 fully saturated rings. The summed E-state index contributed by atoms with van der Waals surface area (Å²) in [7, 11) is 0. The lowest BCUT2D eigenvalue weighted by Gasteiger charge is -2.40. The molecule has 1 aliphatic carbocycles. The monoisotopic (exact) mass is 299 g/mol. The second-order valence-corrected chi connectivity index (χ2v) is 7.11. The van der Waals surface area contributed by atoms with Gasteiger partial charge in [0.15, 0.2) is 0 Å². The molecule has 3 nitrogen and oxygen atoms in total. The van der Waals surface area contributed by atoms with Crippen LogP contribution in [0.2, 0.25) is 0 Å². The molecule has 120 valence electrons. The number of aryl methyl sites for hydroxylation is 1. The molecule has 1 aromatic rings. The third-order valence-corrected chi connectivity index (χ3v) is 5.23. The molecule has 0 aromatic heterocycles. The zero-order valence-electron chi connectivity index (χ0n) is 14.0. The summed E-state index contributed by atoms with van der Waals surface area (Å²) in [5, 5.41) is 7.48. The van der Waals surface area contributed by atoms with E-state index in [4.69, 9.17) is 4.99 Å². The van der Waals surface area contributed by atoms with E-state index in [1.807, 2.05) is 0 Å². The van der Waals surface area contributed by atoms with Crippen molar-refractivity contribution in [3.8, 4) is 0 Å². The second-order valence-electron chi connectivity index (χ2n) is 7.11. The first-order valence-corrected chi connectivity index (χ1v) is 8.77.